The number of ether oxygens (including phenoxy) is 1. The van der Waals surface area contributed by atoms with E-state index in [1.54, 1.807) is 24.3 Å². The zero-order valence-corrected chi connectivity index (χ0v) is 20.5. The number of hydrazone groups is 1. The zero-order valence-electron chi connectivity index (χ0n) is 19.6. The van der Waals surface area contributed by atoms with Gasteiger partial charge in [0, 0.05) is 0 Å². The highest BCUT2D eigenvalue weighted by atomic mass is 32.2. The number of amides is 1. The quantitative estimate of drug-likeness (QED) is 0.237. The molecule has 3 rings (SSSR count). The van der Waals surface area contributed by atoms with Gasteiger partial charge in [0.05, 0.1) is 23.4 Å². The molecule has 0 radical (unpaired) electrons. The fraction of sp³-hybridized carbons (Fsp3) is 0.231. The van der Waals surface area contributed by atoms with E-state index in [-0.39, 0.29) is 10.6 Å². The summed E-state index contributed by atoms with van der Waals surface area (Å²) in [5, 5.41) is 3.93. The maximum absolute atomic E-state index is 13.4. The highest BCUT2D eigenvalue weighted by molar-refractivity contribution is 7.92. The molecular formula is C26H28FN3O4S. The summed E-state index contributed by atoms with van der Waals surface area (Å²) in [6.45, 7) is 4.04. The van der Waals surface area contributed by atoms with E-state index in [0.29, 0.717) is 6.61 Å². The fourth-order valence-corrected chi connectivity index (χ4v) is 4.51. The van der Waals surface area contributed by atoms with Crippen LogP contribution >= 0.6 is 0 Å². The van der Waals surface area contributed by atoms with Crippen molar-refractivity contribution in [1.29, 1.82) is 0 Å². The van der Waals surface area contributed by atoms with Gasteiger partial charge < -0.3 is 4.74 Å². The third kappa shape index (κ3) is 7.38. The lowest BCUT2D eigenvalue weighted by Gasteiger charge is -2.23. The maximum Gasteiger partial charge on any atom is 0.264 e. The van der Waals surface area contributed by atoms with Crippen LogP contribution in [0.2, 0.25) is 0 Å². The average Bonchev–Trinajstić information content (AvgIpc) is 2.84. The lowest BCUT2D eigenvalue weighted by molar-refractivity contribution is -0.119. The van der Waals surface area contributed by atoms with Crippen LogP contribution in [0.25, 0.3) is 0 Å². The third-order valence-corrected chi connectivity index (χ3v) is 6.85. The second kappa shape index (κ2) is 12.1. The van der Waals surface area contributed by atoms with Crippen LogP contribution in [0.4, 0.5) is 10.1 Å². The molecule has 7 nitrogen and oxygen atoms in total. The Hall–Kier alpha value is -3.72. The van der Waals surface area contributed by atoms with Crippen molar-refractivity contribution in [2.24, 2.45) is 5.10 Å². The molecule has 35 heavy (non-hydrogen) atoms. The minimum atomic E-state index is -4.09. The van der Waals surface area contributed by atoms with Crippen LogP contribution in [0.5, 0.6) is 5.75 Å². The summed E-state index contributed by atoms with van der Waals surface area (Å²) in [4.78, 5) is 12.6. The summed E-state index contributed by atoms with van der Waals surface area (Å²) in [6.07, 6.45) is 3.48. The normalized spacial score (nSPS) is 11.4. The molecule has 1 N–H and O–H groups in total. The topological polar surface area (TPSA) is 88.1 Å². The Bertz CT molecular complexity index is 1240. The lowest BCUT2D eigenvalue weighted by Crippen LogP contribution is -2.39. The first kappa shape index (κ1) is 25.9. The Morgan fingerprint density at radius 1 is 1.03 bits per heavy atom. The predicted octanol–water partition coefficient (Wildman–Crippen LogP) is 4.66. The van der Waals surface area contributed by atoms with E-state index >= 15 is 0 Å². The molecule has 9 heteroatoms. The molecule has 0 bridgehead atoms. The number of halogens is 1. The van der Waals surface area contributed by atoms with Crippen molar-refractivity contribution in [2.45, 2.75) is 31.6 Å². The molecule has 0 aliphatic carbocycles. The summed E-state index contributed by atoms with van der Waals surface area (Å²) >= 11 is 0. The molecule has 0 saturated heterocycles. The van der Waals surface area contributed by atoms with Gasteiger partial charge in [-0.2, -0.15) is 5.10 Å². The molecule has 0 heterocycles. The molecule has 0 fully saturated rings. The minimum Gasteiger partial charge on any atom is -0.494 e. The molecule has 0 spiro atoms. The van der Waals surface area contributed by atoms with Gasteiger partial charge in [0.2, 0.25) is 0 Å². The number of sulfonamides is 1. The van der Waals surface area contributed by atoms with Gasteiger partial charge >= 0.3 is 0 Å². The molecule has 0 aromatic heterocycles. The second-order valence-corrected chi connectivity index (χ2v) is 9.73. The van der Waals surface area contributed by atoms with Crippen LogP contribution in [0.1, 0.15) is 30.9 Å². The molecule has 1 amide bonds. The molecule has 0 atom stereocenters. The molecule has 184 valence electrons. The van der Waals surface area contributed by atoms with Crippen LogP contribution in [-0.2, 0) is 14.8 Å². The Balaban J connectivity index is 1.71. The summed E-state index contributed by atoms with van der Waals surface area (Å²) in [5.41, 5.74) is 4.13. The number of aryl methyl sites for hydroxylation is 1. The average molecular weight is 498 g/mol. The number of rotatable bonds is 11. The van der Waals surface area contributed by atoms with E-state index in [2.05, 4.69) is 17.5 Å². The lowest BCUT2D eigenvalue weighted by atomic mass is 10.2. The number of hydrogen-bond acceptors (Lipinski definition) is 5. The van der Waals surface area contributed by atoms with Crippen molar-refractivity contribution in [3.05, 3.63) is 89.7 Å². The van der Waals surface area contributed by atoms with Crippen molar-refractivity contribution in [3.8, 4) is 5.75 Å². The highest BCUT2D eigenvalue weighted by Gasteiger charge is 2.27. The Morgan fingerprint density at radius 2 is 1.69 bits per heavy atom. The SMILES string of the molecule is CCCCOc1ccc(/C=N\NC(=O)CN(c2ccc(F)cc2)S(=O)(=O)c2ccc(C)cc2)cc1. The predicted molar refractivity (Wildman–Crippen MR) is 135 cm³/mol. The number of carbonyl (C=O) groups is 1. The largest absolute Gasteiger partial charge is 0.494 e. The molecule has 0 unspecified atom stereocenters. The standard InChI is InChI=1S/C26H28FN3O4S/c1-3-4-17-34-24-13-7-21(8-14-24)18-28-29-26(31)19-30(23-11-9-22(27)10-12-23)35(32,33)25-15-5-20(2)6-16-25/h5-16,18H,3-4,17,19H2,1-2H3,(H,29,31)/b28-18-. The van der Waals surface area contributed by atoms with Crippen LogP contribution in [-0.4, -0.2) is 33.7 Å². The fourth-order valence-electron chi connectivity index (χ4n) is 3.09. The molecule has 0 aliphatic rings. The first-order valence-electron chi connectivity index (χ1n) is 11.2. The summed E-state index contributed by atoms with van der Waals surface area (Å²) in [6, 6.07) is 18.4. The van der Waals surface area contributed by atoms with Crippen LogP contribution < -0.4 is 14.5 Å². The summed E-state index contributed by atoms with van der Waals surface area (Å²) < 4.78 is 46.5. The third-order valence-electron chi connectivity index (χ3n) is 5.06. The molecular weight excluding hydrogens is 469 g/mol. The van der Waals surface area contributed by atoms with Crippen LogP contribution in [0, 0.1) is 12.7 Å². The van der Waals surface area contributed by atoms with E-state index < -0.39 is 28.3 Å². The van der Waals surface area contributed by atoms with Crippen molar-refractivity contribution in [3.63, 3.8) is 0 Å². The van der Waals surface area contributed by atoms with Crippen molar-refractivity contribution >= 4 is 27.8 Å². The number of anilines is 1. The van der Waals surface area contributed by atoms with E-state index in [9.17, 15) is 17.6 Å². The summed E-state index contributed by atoms with van der Waals surface area (Å²) in [5.74, 6) is -0.422. The Labute approximate surface area is 205 Å². The monoisotopic (exact) mass is 497 g/mol. The Morgan fingerprint density at radius 3 is 2.31 bits per heavy atom. The minimum absolute atomic E-state index is 0.0185. The molecule has 0 aliphatic heterocycles. The van der Waals surface area contributed by atoms with E-state index in [1.165, 1.54) is 30.5 Å². The van der Waals surface area contributed by atoms with E-state index in [1.807, 2.05) is 19.1 Å². The van der Waals surface area contributed by atoms with E-state index in [0.717, 1.165) is 46.2 Å². The zero-order chi connectivity index (χ0) is 25.3. The van der Waals surface area contributed by atoms with Gasteiger partial charge in [-0.25, -0.2) is 18.2 Å². The number of hydrogen-bond donors (Lipinski definition) is 1. The molecule has 0 saturated carbocycles. The second-order valence-electron chi connectivity index (χ2n) is 7.87. The van der Waals surface area contributed by atoms with Gasteiger partial charge in [0.1, 0.15) is 18.1 Å². The summed E-state index contributed by atoms with van der Waals surface area (Å²) in [7, 11) is -4.09. The van der Waals surface area contributed by atoms with Crippen molar-refractivity contribution in [1.82, 2.24) is 5.43 Å². The van der Waals surface area contributed by atoms with Gasteiger partial charge in [0.15, 0.2) is 0 Å². The van der Waals surface area contributed by atoms with Crippen molar-refractivity contribution in [2.75, 3.05) is 17.5 Å². The maximum atomic E-state index is 13.4. The van der Waals surface area contributed by atoms with Gasteiger partial charge in [0.25, 0.3) is 15.9 Å². The van der Waals surface area contributed by atoms with Crippen LogP contribution in [0.15, 0.2) is 82.8 Å². The first-order chi connectivity index (χ1) is 16.8. The smallest absolute Gasteiger partial charge is 0.264 e. The van der Waals surface area contributed by atoms with Crippen LogP contribution in [0.3, 0.4) is 0 Å². The highest BCUT2D eigenvalue weighted by Crippen LogP contribution is 2.24. The number of unbranched alkanes of at least 4 members (excludes halogenated alkanes) is 1. The molecule has 3 aromatic carbocycles. The van der Waals surface area contributed by atoms with Gasteiger partial charge in [-0.1, -0.05) is 31.0 Å². The van der Waals surface area contributed by atoms with E-state index in [4.69, 9.17) is 4.74 Å². The van der Waals surface area contributed by atoms with Gasteiger partial charge in [-0.3, -0.25) is 9.10 Å². The van der Waals surface area contributed by atoms with Gasteiger partial charge in [-0.15, -0.1) is 0 Å². The number of nitrogens with zero attached hydrogens (tertiary/aromatic N) is 2. The van der Waals surface area contributed by atoms with Gasteiger partial charge in [-0.05, 0) is 79.6 Å². The number of benzene rings is 3. The number of carbonyl (C=O) groups excluding carboxylic acids is 1. The Kier molecular flexibility index (Phi) is 8.97. The first-order valence-corrected chi connectivity index (χ1v) is 12.6. The van der Waals surface area contributed by atoms with Crippen molar-refractivity contribution < 1.29 is 22.3 Å². The molecule has 3 aromatic rings. The number of nitrogens with one attached hydrogen (secondary N) is 1.